The Morgan fingerprint density at radius 2 is 2.11 bits per heavy atom. The van der Waals surface area contributed by atoms with Crippen LogP contribution in [-0.4, -0.2) is 55.1 Å². The number of amides is 1. The summed E-state index contributed by atoms with van der Waals surface area (Å²) in [5, 5.41) is 6.16. The van der Waals surface area contributed by atoms with Crippen LogP contribution in [-0.2, 0) is 0 Å². The number of H-pyrrole nitrogens is 1. The van der Waals surface area contributed by atoms with Gasteiger partial charge in [-0.15, -0.1) is 0 Å². The summed E-state index contributed by atoms with van der Waals surface area (Å²) in [6.07, 6.45) is 2.38. The fourth-order valence-corrected chi connectivity index (χ4v) is 2.09. The van der Waals surface area contributed by atoms with Crippen LogP contribution in [0.25, 0.3) is 0 Å². The molecule has 0 bridgehead atoms. The molecule has 1 aliphatic heterocycles. The summed E-state index contributed by atoms with van der Waals surface area (Å²) < 4.78 is 0. The van der Waals surface area contributed by atoms with Crippen molar-refractivity contribution < 1.29 is 4.79 Å². The Kier molecular flexibility index (Phi) is 5.11. The molecule has 0 spiro atoms. The molecule has 3 N–H and O–H groups in total. The molecule has 19 heavy (non-hydrogen) atoms. The molecule has 1 aromatic heterocycles. The maximum absolute atomic E-state index is 11.8. The van der Waals surface area contributed by atoms with Gasteiger partial charge in [-0.05, 0) is 19.0 Å². The van der Waals surface area contributed by atoms with Gasteiger partial charge in [0, 0.05) is 45.0 Å². The third-order valence-corrected chi connectivity index (χ3v) is 3.19. The van der Waals surface area contributed by atoms with E-state index in [1.54, 1.807) is 0 Å². The van der Waals surface area contributed by atoms with E-state index in [-0.39, 0.29) is 11.5 Å². The van der Waals surface area contributed by atoms with Gasteiger partial charge in [-0.3, -0.25) is 9.59 Å². The lowest BCUT2D eigenvalue weighted by molar-refractivity contribution is 0.0951. The summed E-state index contributed by atoms with van der Waals surface area (Å²) in [6, 6.07) is 2.89. The summed E-state index contributed by atoms with van der Waals surface area (Å²) in [4.78, 5) is 27.5. The first-order chi connectivity index (χ1) is 9.25. The Balaban J connectivity index is 1.66. The van der Waals surface area contributed by atoms with Gasteiger partial charge in [0.15, 0.2) is 0 Å². The SMILES string of the molecule is O=C(NCCCN1CCNCC1)c1ccc(=O)[nH]c1. The molecule has 1 saturated heterocycles. The van der Waals surface area contributed by atoms with Crippen molar-refractivity contribution in [3.05, 3.63) is 34.2 Å². The van der Waals surface area contributed by atoms with E-state index in [1.807, 2.05) is 0 Å². The van der Waals surface area contributed by atoms with Gasteiger partial charge in [-0.1, -0.05) is 0 Å². The predicted molar refractivity (Wildman–Crippen MR) is 73.3 cm³/mol. The highest BCUT2D eigenvalue weighted by molar-refractivity contribution is 5.93. The van der Waals surface area contributed by atoms with Crippen LogP contribution < -0.4 is 16.2 Å². The smallest absolute Gasteiger partial charge is 0.252 e. The molecular formula is C13H20N4O2. The molecule has 1 fully saturated rings. The van der Waals surface area contributed by atoms with Crippen molar-refractivity contribution in [1.82, 2.24) is 20.5 Å². The van der Waals surface area contributed by atoms with E-state index in [4.69, 9.17) is 0 Å². The standard InChI is InChI=1S/C13H20N4O2/c18-12-3-2-11(10-16-12)13(19)15-4-1-7-17-8-5-14-6-9-17/h2-3,10,14H,1,4-9H2,(H,15,19)(H,16,18). The van der Waals surface area contributed by atoms with Crippen molar-refractivity contribution >= 4 is 5.91 Å². The van der Waals surface area contributed by atoms with Gasteiger partial charge in [-0.2, -0.15) is 0 Å². The van der Waals surface area contributed by atoms with Crippen molar-refractivity contribution in [2.75, 3.05) is 39.3 Å². The lowest BCUT2D eigenvalue weighted by Gasteiger charge is -2.27. The first kappa shape index (κ1) is 13.8. The number of hydrogen-bond donors (Lipinski definition) is 3. The van der Waals surface area contributed by atoms with Gasteiger partial charge in [0.05, 0.1) is 5.56 Å². The van der Waals surface area contributed by atoms with Crippen LogP contribution in [0.15, 0.2) is 23.1 Å². The van der Waals surface area contributed by atoms with Crippen LogP contribution in [0.1, 0.15) is 16.8 Å². The van der Waals surface area contributed by atoms with E-state index in [0.717, 1.165) is 39.1 Å². The first-order valence-electron chi connectivity index (χ1n) is 6.66. The van der Waals surface area contributed by atoms with Crippen molar-refractivity contribution in [2.45, 2.75) is 6.42 Å². The van der Waals surface area contributed by atoms with Crippen molar-refractivity contribution in [1.29, 1.82) is 0 Å². The molecule has 0 saturated carbocycles. The Bertz CT molecular complexity index is 445. The molecule has 0 aliphatic carbocycles. The van der Waals surface area contributed by atoms with E-state index < -0.39 is 0 Å². The average molecular weight is 264 g/mol. The molecule has 0 radical (unpaired) electrons. The minimum Gasteiger partial charge on any atom is -0.352 e. The quantitative estimate of drug-likeness (QED) is 0.621. The molecule has 104 valence electrons. The fraction of sp³-hybridized carbons (Fsp3) is 0.538. The summed E-state index contributed by atoms with van der Waals surface area (Å²) in [6.45, 7) is 5.91. The normalized spacial score (nSPS) is 16.2. The Morgan fingerprint density at radius 3 is 2.79 bits per heavy atom. The second-order valence-electron chi connectivity index (χ2n) is 4.64. The molecule has 1 aliphatic rings. The fourth-order valence-electron chi connectivity index (χ4n) is 2.09. The monoisotopic (exact) mass is 264 g/mol. The molecule has 0 atom stereocenters. The second kappa shape index (κ2) is 7.06. The van der Waals surface area contributed by atoms with E-state index in [1.165, 1.54) is 18.3 Å². The van der Waals surface area contributed by atoms with Crippen molar-refractivity contribution in [2.24, 2.45) is 0 Å². The van der Waals surface area contributed by atoms with Crippen LogP contribution in [0.2, 0.25) is 0 Å². The molecular weight excluding hydrogens is 244 g/mol. The van der Waals surface area contributed by atoms with Gasteiger partial charge < -0.3 is 20.5 Å². The van der Waals surface area contributed by atoms with Gasteiger partial charge in [0.1, 0.15) is 0 Å². The minimum absolute atomic E-state index is 0.142. The number of nitrogens with zero attached hydrogens (tertiary/aromatic N) is 1. The van der Waals surface area contributed by atoms with Crippen LogP contribution in [0.4, 0.5) is 0 Å². The van der Waals surface area contributed by atoms with Gasteiger partial charge >= 0.3 is 0 Å². The van der Waals surface area contributed by atoms with Crippen LogP contribution in [0, 0.1) is 0 Å². The molecule has 2 heterocycles. The van der Waals surface area contributed by atoms with Crippen molar-refractivity contribution in [3.63, 3.8) is 0 Å². The number of nitrogens with one attached hydrogen (secondary N) is 3. The van der Waals surface area contributed by atoms with E-state index in [0.29, 0.717) is 12.1 Å². The first-order valence-corrected chi connectivity index (χ1v) is 6.66. The largest absolute Gasteiger partial charge is 0.352 e. The minimum atomic E-state index is -0.199. The number of carbonyl (C=O) groups is 1. The third-order valence-electron chi connectivity index (χ3n) is 3.19. The maximum atomic E-state index is 11.8. The Labute approximate surface area is 112 Å². The Morgan fingerprint density at radius 1 is 1.32 bits per heavy atom. The molecule has 1 amide bonds. The zero-order valence-corrected chi connectivity index (χ0v) is 10.9. The second-order valence-corrected chi connectivity index (χ2v) is 4.64. The predicted octanol–water partition coefficient (Wildman–Crippen LogP) is -0.600. The van der Waals surface area contributed by atoms with Crippen LogP contribution >= 0.6 is 0 Å². The average Bonchev–Trinajstić information content (AvgIpc) is 2.45. The lowest BCUT2D eigenvalue weighted by Crippen LogP contribution is -2.44. The van der Waals surface area contributed by atoms with Crippen molar-refractivity contribution in [3.8, 4) is 0 Å². The number of aromatic nitrogens is 1. The molecule has 0 unspecified atom stereocenters. The Hall–Kier alpha value is -1.66. The highest BCUT2D eigenvalue weighted by Crippen LogP contribution is 1.95. The number of piperazine rings is 1. The van der Waals surface area contributed by atoms with Gasteiger partial charge in [0.2, 0.25) is 5.56 Å². The maximum Gasteiger partial charge on any atom is 0.252 e. The van der Waals surface area contributed by atoms with Gasteiger partial charge in [0.25, 0.3) is 5.91 Å². The van der Waals surface area contributed by atoms with Crippen LogP contribution in [0.3, 0.4) is 0 Å². The zero-order valence-electron chi connectivity index (χ0n) is 10.9. The zero-order chi connectivity index (χ0) is 13.5. The van der Waals surface area contributed by atoms with E-state index in [2.05, 4.69) is 20.5 Å². The number of carbonyl (C=O) groups excluding carboxylic acids is 1. The summed E-state index contributed by atoms with van der Waals surface area (Å²) in [7, 11) is 0. The topological polar surface area (TPSA) is 77.2 Å². The summed E-state index contributed by atoms with van der Waals surface area (Å²) in [5.41, 5.74) is 0.289. The number of aromatic amines is 1. The summed E-state index contributed by atoms with van der Waals surface area (Å²) >= 11 is 0. The summed E-state index contributed by atoms with van der Waals surface area (Å²) in [5.74, 6) is -0.142. The van der Waals surface area contributed by atoms with E-state index in [9.17, 15) is 9.59 Å². The van der Waals surface area contributed by atoms with Crippen LogP contribution in [0.5, 0.6) is 0 Å². The van der Waals surface area contributed by atoms with E-state index >= 15 is 0 Å². The highest BCUT2D eigenvalue weighted by Gasteiger charge is 2.09. The van der Waals surface area contributed by atoms with Gasteiger partial charge in [-0.25, -0.2) is 0 Å². The number of pyridine rings is 1. The lowest BCUT2D eigenvalue weighted by atomic mass is 10.2. The highest BCUT2D eigenvalue weighted by atomic mass is 16.1. The molecule has 1 aromatic rings. The molecule has 0 aromatic carbocycles. The molecule has 6 heteroatoms. The molecule has 2 rings (SSSR count). The molecule has 6 nitrogen and oxygen atoms in total. The number of hydrogen-bond acceptors (Lipinski definition) is 4. The number of rotatable bonds is 5. The third kappa shape index (κ3) is 4.50.